The first-order valence-electron chi connectivity index (χ1n) is 20.0. The zero-order chi connectivity index (χ0) is 43.2. The molecule has 2 fully saturated rings. The summed E-state index contributed by atoms with van der Waals surface area (Å²) in [4.78, 5) is 4.60. The molecule has 0 amide bonds. The van der Waals surface area contributed by atoms with Crippen LogP contribution >= 0.6 is 0 Å². The number of phenolic OH excluding ortho intramolecular Hbond substituents is 2. The monoisotopic (exact) mass is 891 g/mol. The van der Waals surface area contributed by atoms with Gasteiger partial charge in [-0.15, -0.1) is 0 Å². The summed E-state index contributed by atoms with van der Waals surface area (Å²) in [6.07, 6.45) is 0. The van der Waals surface area contributed by atoms with E-state index in [4.69, 9.17) is 20.4 Å². The third-order valence-electron chi connectivity index (χ3n) is 13.1. The molecule has 8 nitrogen and oxygen atoms in total. The van der Waals surface area contributed by atoms with E-state index in [0.717, 1.165) is 136 Å². The Hall–Kier alpha value is -0.771. The van der Waals surface area contributed by atoms with Crippen LogP contribution in [0.1, 0.15) is 103 Å². The molecular formula is C48H94N2O6Ti2-2. The zero-order valence-corrected chi connectivity index (χ0v) is 44.6. The minimum atomic E-state index is 0. The Balaban J connectivity index is -0.000000136. The van der Waals surface area contributed by atoms with Crippen LogP contribution in [0.5, 0.6) is 11.5 Å². The number of aryl methyl sites for hydroxylation is 4. The standard InChI is InChI=1S/C22H32N2O2.2C10H20.4CH4O.2CH3.2Ti/c1-15-9-19(10-16(2)21(15)25)13-24(8-7-23(5)6)14-20-11-17(3)22(26)18(4)12-20;2*1-6-7(2)9(4)10(5)8(6)3;4*1-2;;;;/h9-12,25-26H,7-8,13-14H2,1-6H3;2*6-10H,1-5H3;4*2H,1H3;2*1H3;;/q;;;;;;;2*-1;;. The number of aromatic hydroxyl groups is 2. The number of benzene rings is 2. The first-order valence-corrected chi connectivity index (χ1v) is 20.0. The maximum Gasteiger partial charge on any atom is 0.121 e. The van der Waals surface area contributed by atoms with Crippen molar-refractivity contribution in [3.8, 4) is 11.5 Å². The van der Waals surface area contributed by atoms with Crippen molar-refractivity contribution in [2.45, 2.75) is 110 Å². The molecule has 0 radical (unpaired) electrons. The Morgan fingerprint density at radius 2 is 0.569 bits per heavy atom. The minimum absolute atomic E-state index is 0. The number of hydrogen-bond acceptors (Lipinski definition) is 8. The fraction of sp³-hybridized carbons (Fsp3) is 0.708. The summed E-state index contributed by atoms with van der Waals surface area (Å²) >= 11 is 0. The molecular weight excluding hydrogens is 796 g/mol. The predicted octanol–water partition coefficient (Wildman–Crippen LogP) is 9.59. The van der Waals surface area contributed by atoms with Crippen LogP contribution in [-0.4, -0.2) is 96.1 Å². The molecule has 0 aliphatic heterocycles. The largest absolute Gasteiger partial charge is 0.507 e. The number of phenols is 2. The van der Waals surface area contributed by atoms with Crippen molar-refractivity contribution in [3.05, 3.63) is 72.5 Å². The Morgan fingerprint density at radius 3 is 0.724 bits per heavy atom. The van der Waals surface area contributed by atoms with Gasteiger partial charge in [0, 0.05) is 98.1 Å². The summed E-state index contributed by atoms with van der Waals surface area (Å²) in [6, 6.07) is 8.27. The van der Waals surface area contributed by atoms with Crippen molar-refractivity contribution in [3.63, 3.8) is 0 Å². The van der Waals surface area contributed by atoms with Crippen LogP contribution in [0.15, 0.2) is 24.3 Å². The molecule has 0 saturated heterocycles. The van der Waals surface area contributed by atoms with Gasteiger partial charge < -0.3 is 50.4 Å². The molecule has 2 aliphatic rings. The Kier molecular flexibility index (Phi) is 46.9. The smallest absolute Gasteiger partial charge is 0.121 e. The van der Waals surface area contributed by atoms with Gasteiger partial charge in [0.1, 0.15) is 11.5 Å². The molecule has 58 heavy (non-hydrogen) atoms. The summed E-state index contributed by atoms with van der Waals surface area (Å²) in [5.41, 5.74) is 6.10. The second-order valence-electron chi connectivity index (χ2n) is 16.3. The summed E-state index contributed by atoms with van der Waals surface area (Å²) in [7, 11) is 8.17. The van der Waals surface area contributed by atoms with Crippen LogP contribution in [0.25, 0.3) is 0 Å². The summed E-state index contributed by atoms with van der Waals surface area (Å²) in [6.45, 7) is 35.4. The maximum atomic E-state index is 10.0. The second kappa shape index (κ2) is 37.9. The van der Waals surface area contributed by atoms with E-state index in [1.165, 1.54) is 11.1 Å². The topological polar surface area (TPSA) is 128 Å². The molecule has 2 aliphatic carbocycles. The average Bonchev–Trinajstić information content (AvgIpc) is 3.44. The molecule has 0 atom stereocenters. The van der Waals surface area contributed by atoms with E-state index in [1.54, 1.807) is 0 Å². The van der Waals surface area contributed by atoms with Gasteiger partial charge in [-0.3, -0.25) is 4.90 Å². The number of likely N-dealkylation sites (N-methyl/N-ethyl adjacent to an activating group) is 1. The molecule has 0 aromatic heterocycles. The van der Waals surface area contributed by atoms with E-state index in [9.17, 15) is 10.2 Å². The molecule has 10 heteroatoms. The van der Waals surface area contributed by atoms with Gasteiger partial charge in [0.05, 0.1) is 0 Å². The van der Waals surface area contributed by atoms with Gasteiger partial charge in [-0.2, -0.15) is 0 Å². The fourth-order valence-electron chi connectivity index (χ4n) is 8.13. The molecule has 4 rings (SSSR count). The molecule has 2 saturated carbocycles. The summed E-state index contributed by atoms with van der Waals surface area (Å²) in [5.74, 6) is 10.1. The first kappa shape index (κ1) is 71.7. The molecule has 2 aromatic rings. The van der Waals surface area contributed by atoms with E-state index in [1.807, 2.05) is 27.7 Å². The molecule has 0 heterocycles. The van der Waals surface area contributed by atoms with E-state index < -0.39 is 0 Å². The van der Waals surface area contributed by atoms with Crippen LogP contribution in [0.4, 0.5) is 0 Å². The maximum absolute atomic E-state index is 10.0. The van der Waals surface area contributed by atoms with Gasteiger partial charge in [0.25, 0.3) is 0 Å². The Labute approximate surface area is 390 Å². The van der Waals surface area contributed by atoms with Crippen LogP contribution in [0, 0.1) is 102 Å². The number of aliphatic hydroxyl groups is 4. The van der Waals surface area contributed by atoms with Crippen LogP contribution in [0.2, 0.25) is 0 Å². The van der Waals surface area contributed by atoms with Crippen LogP contribution in [0.3, 0.4) is 0 Å². The normalized spacial score (nSPS) is 24.7. The van der Waals surface area contributed by atoms with Gasteiger partial charge in [-0.1, -0.05) is 93.5 Å². The van der Waals surface area contributed by atoms with Crippen molar-refractivity contribution in [2.24, 2.45) is 59.2 Å². The molecule has 0 spiro atoms. The van der Waals surface area contributed by atoms with Crippen molar-refractivity contribution < 1.29 is 74.1 Å². The van der Waals surface area contributed by atoms with Gasteiger partial charge in [-0.05, 0) is 134 Å². The third-order valence-corrected chi connectivity index (χ3v) is 13.1. The SMILES string of the molecule is CC1C(C)C(C)C(C)C1C.CC1C(C)C(C)C(C)C1C.CO.CO.CO.CO.Cc1cc(CN(CCN(C)C)Cc2cc(C)c(O)c(C)c2)cc(C)c1O.[CH3-].[CH3-].[Ti].[Ti]. The van der Waals surface area contributed by atoms with Gasteiger partial charge >= 0.3 is 0 Å². The number of rotatable bonds is 7. The van der Waals surface area contributed by atoms with Crippen molar-refractivity contribution in [1.29, 1.82) is 0 Å². The van der Waals surface area contributed by atoms with Gasteiger partial charge in [0.15, 0.2) is 0 Å². The Bertz CT molecular complexity index is 1040. The minimum Gasteiger partial charge on any atom is -0.507 e. The van der Waals surface area contributed by atoms with Crippen molar-refractivity contribution >= 4 is 0 Å². The summed E-state index contributed by atoms with van der Waals surface area (Å²) in [5, 5.41) is 48.0. The second-order valence-corrected chi connectivity index (χ2v) is 16.3. The van der Waals surface area contributed by atoms with Gasteiger partial charge in [0.2, 0.25) is 0 Å². The average molecular weight is 891 g/mol. The predicted molar refractivity (Wildman–Crippen MR) is 245 cm³/mol. The summed E-state index contributed by atoms with van der Waals surface area (Å²) < 4.78 is 0. The van der Waals surface area contributed by atoms with Gasteiger partial charge in [-0.25, -0.2) is 0 Å². The zero-order valence-electron chi connectivity index (χ0n) is 41.5. The fourth-order valence-corrected chi connectivity index (χ4v) is 8.13. The third kappa shape index (κ3) is 22.9. The molecule has 342 valence electrons. The quantitative estimate of drug-likeness (QED) is 0.120. The number of aliphatic hydroxyl groups excluding tert-OH is 4. The van der Waals surface area contributed by atoms with Crippen molar-refractivity contribution in [1.82, 2.24) is 9.80 Å². The van der Waals surface area contributed by atoms with Crippen LogP contribution < -0.4 is 0 Å². The van der Waals surface area contributed by atoms with Crippen LogP contribution in [-0.2, 0) is 56.5 Å². The van der Waals surface area contributed by atoms with E-state index >= 15 is 0 Å². The molecule has 6 N–H and O–H groups in total. The van der Waals surface area contributed by atoms with E-state index in [0.29, 0.717) is 11.5 Å². The van der Waals surface area contributed by atoms with E-state index in [-0.39, 0.29) is 58.3 Å². The molecule has 0 unspecified atom stereocenters. The first-order chi connectivity index (χ1) is 25.3. The Morgan fingerprint density at radius 1 is 0.397 bits per heavy atom. The van der Waals surface area contributed by atoms with Crippen molar-refractivity contribution in [2.75, 3.05) is 55.6 Å². The number of hydrogen-bond donors (Lipinski definition) is 6. The molecule has 0 bridgehead atoms. The number of nitrogens with zero attached hydrogens (tertiary/aromatic N) is 2. The van der Waals surface area contributed by atoms with E-state index in [2.05, 4.69) is 117 Å². The molecule has 2 aromatic carbocycles.